The number of amides is 1. The Labute approximate surface area is 184 Å². The van der Waals surface area contributed by atoms with Gasteiger partial charge in [-0.15, -0.1) is 0 Å². The molecule has 0 fully saturated rings. The van der Waals surface area contributed by atoms with E-state index in [1.54, 1.807) is 60.8 Å². The van der Waals surface area contributed by atoms with Crippen LogP contribution in [-0.2, 0) is 0 Å². The number of aromatic nitrogens is 2. The van der Waals surface area contributed by atoms with Crippen LogP contribution < -0.4 is 14.8 Å². The van der Waals surface area contributed by atoms with Crippen molar-refractivity contribution in [2.24, 2.45) is 0 Å². The van der Waals surface area contributed by atoms with Crippen LogP contribution in [0.1, 0.15) is 17.3 Å². The van der Waals surface area contributed by atoms with Gasteiger partial charge in [0.2, 0.25) is 5.88 Å². The molecule has 1 amide bonds. The molecule has 0 radical (unpaired) electrons. The Morgan fingerprint density at radius 2 is 1.81 bits per heavy atom. The fraction of sp³-hybridized carbons (Fsp3) is 0.0800. The standard InChI is InChI=1S/C25H20FN3O3/c1-2-31-22-9-4-3-8-21(22)28-25(30)18-6-5-7-20(16-18)32-23-14-15-27-24(29-23)17-10-12-19(26)13-11-17/h3-16H,2H2,1H3,(H,28,30). The maximum absolute atomic E-state index is 13.2. The van der Waals surface area contributed by atoms with Crippen LogP contribution in [0, 0.1) is 5.82 Å². The molecule has 0 atom stereocenters. The van der Waals surface area contributed by atoms with Gasteiger partial charge in [0.25, 0.3) is 5.91 Å². The number of carbonyl (C=O) groups is 1. The normalized spacial score (nSPS) is 10.4. The van der Waals surface area contributed by atoms with Crippen molar-refractivity contribution in [2.45, 2.75) is 6.92 Å². The van der Waals surface area contributed by atoms with Crippen molar-refractivity contribution in [2.75, 3.05) is 11.9 Å². The third-order valence-corrected chi connectivity index (χ3v) is 4.49. The Bertz CT molecular complexity index is 1230. The zero-order chi connectivity index (χ0) is 22.3. The Morgan fingerprint density at radius 1 is 1.00 bits per heavy atom. The number of ether oxygens (including phenoxy) is 2. The minimum absolute atomic E-state index is 0.294. The highest BCUT2D eigenvalue weighted by molar-refractivity contribution is 6.05. The summed E-state index contributed by atoms with van der Waals surface area (Å²) in [5.41, 5.74) is 1.67. The number of hydrogen-bond donors (Lipinski definition) is 1. The first kappa shape index (κ1) is 21.0. The van der Waals surface area contributed by atoms with E-state index < -0.39 is 0 Å². The molecule has 0 aliphatic heterocycles. The number of anilines is 1. The van der Waals surface area contributed by atoms with Gasteiger partial charge in [0.1, 0.15) is 17.3 Å². The molecule has 7 heteroatoms. The lowest BCUT2D eigenvalue weighted by molar-refractivity contribution is 0.102. The first-order valence-electron chi connectivity index (χ1n) is 10.0. The summed E-state index contributed by atoms with van der Waals surface area (Å²) in [6.07, 6.45) is 1.56. The highest BCUT2D eigenvalue weighted by Crippen LogP contribution is 2.26. The zero-order valence-electron chi connectivity index (χ0n) is 17.3. The average Bonchev–Trinajstić information content (AvgIpc) is 2.81. The van der Waals surface area contributed by atoms with Crippen LogP contribution in [0.5, 0.6) is 17.4 Å². The molecule has 0 bridgehead atoms. The highest BCUT2D eigenvalue weighted by Gasteiger charge is 2.11. The van der Waals surface area contributed by atoms with Gasteiger partial charge in [-0.1, -0.05) is 18.2 Å². The second-order valence-corrected chi connectivity index (χ2v) is 6.74. The van der Waals surface area contributed by atoms with Crippen LogP contribution in [0.15, 0.2) is 85.1 Å². The van der Waals surface area contributed by atoms with Gasteiger partial charge in [-0.25, -0.2) is 9.37 Å². The molecule has 1 aromatic heterocycles. The van der Waals surface area contributed by atoms with Gasteiger partial charge in [0, 0.05) is 23.4 Å². The smallest absolute Gasteiger partial charge is 0.255 e. The summed E-state index contributed by atoms with van der Waals surface area (Å²) >= 11 is 0. The van der Waals surface area contributed by atoms with Crippen molar-refractivity contribution in [1.82, 2.24) is 9.97 Å². The monoisotopic (exact) mass is 429 g/mol. The second-order valence-electron chi connectivity index (χ2n) is 6.74. The van der Waals surface area contributed by atoms with E-state index in [0.29, 0.717) is 46.6 Å². The van der Waals surface area contributed by atoms with Crippen molar-refractivity contribution in [3.63, 3.8) is 0 Å². The SMILES string of the molecule is CCOc1ccccc1NC(=O)c1cccc(Oc2ccnc(-c3ccc(F)cc3)n2)c1. The van der Waals surface area contributed by atoms with E-state index >= 15 is 0 Å². The molecule has 0 spiro atoms. The van der Waals surface area contributed by atoms with Gasteiger partial charge in [0.05, 0.1) is 12.3 Å². The largest absolute Gasteiger partial charge is 0.492 e. The van der Waals surface area contributed by atoms with E-state index in [4.69, 9.17) is 9.47 Å². The van der Waals surface area contributed by atoms with E-state index in [2.05, 4.69) is 15.3 Å². The summed E-state index contributed by atoms with van der Waals surface area (Å²) in [7, 11) is 0. The number of nitrogens with zero attached hydrogens (tertiary/aromatic N) is 2. The van der Waals surface area contributed by atoms with Crippen molar-refractivity contribution in [3.05, 3.63) is 96.4 Å². The number of benzene rings is 3. The molecule has 0 unspecified atom stereocenters. The number of rotatable bonds is 7. The van der Waals surface area contributed by atoms with Gasteiger partial charge in [0.15, 0.2) is 5.82 Å². The van der Waals surface area contributed by atoms with Gasteiger partial charge < -0.3 is 14.8 Å². The third-order valence-electron chi connectivity index (χ3n) is 4.49. The molecule has 6 nitrogen and oxygen atoms in total. The minimum atomic E-state index is -0.333. The quantitative estimate of drug-likeness (QED) is 0.406. The average molecular weight is 429 g/mol. The van der Waals surface area contributed by atoms with Crippen molar-refractivity contribution < 1.29 is 18.7 Å². The van der Waals surface area contributed by atoms with Crippen molar-refractivity contribution >= 4 is 11.6 Å². The van der Waals surface area contributed by atoms with Crippen molar-refractivity contribution in [3.8, 4) is 28.8 Å². The maximum Gasteiger partial charge on any atom is 0.255 e. The fourth-order valence-electron chi connectivity index (χ4n) is 3.00. The molecule has 4 rings (SSSR count). The minimum Gasteiger partial charge on any atom is -0.492 e. The summed E-state index contributed by atoms with van der Waals surface area (Å²) in [6.45, 7) is 2.38. The molecule has 0 saturated carbocycles. The first-order valence-corrected chi connectivity index (χ1v) is 10.0. The summed E-state index contributed by atoms with van der Waals surface area (Å²) < 4.78 is 24.6. The Kier molecular flexibility index (Phi) is 6.36. The molecular weight excluding hydrogens is 409 g/mol. The molecule has 0 aliphatic rings. The molecule has 32 heavy (non-hydrogen) atoms. The van der Waals surface area contributed by atoms with Crippen molar-refractivity contribution in [1.29, 1.82) is 0 Å². The molecule has 1 N–H and O–H groups in total. The van der Waals surface area contributed by atoms with E-state index in [0.717, 1.165) is 0 Å². The third kappa shape index (κ3) is 5.07. The van der Waals surface area contributed by atoms with Crippen LogP contribution >= 0.6 is 0 Å². The number of para-hydroxylation sites is 2. The summed E-state index contributed by atoms with van der Waals surface area (Å²) in [6, 6.07) is 21.5. The van der Waals surface area contributed by atoms with Gasteiger partial charge in [-0.3, -0.25) is 4.79 Å². The lowest BCUT2D eigenvalue weighted by Crippen LogP contribution is -2.13. The molecular formula is C25H20FN3O3. The van der Waals surface area contributed by atoms with Gasteiger partial charge >= 0.3 is 0 Å². The zero-order valence-corrected chi connectivity index (χ0v) is 17.3. The Morgan fingerprint density at radius 3 is 2.62 bits per heavy atom. The fourth-order valence-corrected chi connectivity index (χ4v) is 3.00. The highest BCUT2D eigenvalue weighted by atomic mass is 19.1. The van der Waals surface area contributed by atoms with Crippen LogP contribution in [0.25, 0.3) is 11.4 Å². The first-order chi connectivity index (χ1) is 15.6. The maximum atomic E-state index is 13.2. The summed E-state index contributed by atoms with van der Waals surface area (Å²) in [5, 5.41) is 2.86. The van der Waals surface area contributed by atoms with E-state index in [-0.39, 0.29) is 11.7 Å². The number of hydrogen-bond acceptors (Lipinski definition) is 5. The summed E-state index contributed by atoms with van der Waals surface area (Å²) in [4.78, 5) is 21.3. The Hall–Kier alpha value is -4.26. The van der Waals surface area contributed by atoms with Crippen LogP contribution in [0.4, 0.5) is 10.1 Å². The summed E-state index contributed by atoms with van der Waals surface area (Å²) in [5.74, 6) is 1.13. The van der Waals surface area contributed by atoms with Crippen LogP contribution in [-0.4, -0.2) is 22.5 Å². The molecule has 160 valence electrons. The molecule has 4 aromatic rings. The topological polar surface area (TPSA) is 73.3 Å². The molecule has 1 heterocycles. The number of nitrogens with one attached hydrogen (secondary N) is 1. The second kappa shape index (κ2) is 9.70. The molecule has 0 aliphatic carbocycles. The van der Waals surface area contributed by atoms with Crippen LogP contribution in [0.3, 0.4) is 0 Å². The van der Waals surface area contributed by atoms with Gasteiger partial charge in [-0.2, -0.15) is 4.98 Å². The predicted molar refractivity (Wildman–Crippen MR) is 120 cm³/mol. The molecule has 0 saturated heterocycles. The predicted octanol–water partition coefficient (Wildman–Crippen LogP) is 5.73. The lowest BCUT2D eigenvalue weighted by atomic mass is 10.2. The van der Waals surface area contributed by atoms with Gasteiger partial charge in [-0.05, 0) is 61.5 Å². The lowest BCUT2D eigenvalue weighted by Gasteiger charge is -2.12. The van der Waals surface area contributed by atoms with E-state index in [9.17, 15) is 9.18 Å². The number of carbonyl (C=O) groups excluding carboxylic acids is 1. The van der Waals surface area contributed by atoms with E-state index in [1.165, 1.54) is 12.1 Å². The number of halogens is 1. The van der Waals surface area contributed by atoms with Crippen LogP contribution in [0.2, 0.25) is 0 Å². The van der Waals surface area contributed by atoms with E-state index in [1.807, 2.05) is 19.1 Å². The Balaban J connectivity index is 1.51. The molecule has 3 aromatic carbocycles.